The molecule has 1 heterocycles. The van der Waals surface area contributed by atoms with Gasteiger partial charge in [-0.1, -0.05) is 30.3 Å². The van der Waals surface area contributed by atoms with Crippen molar-refractivity contribution in [3.8, 4) is 0 Å². The molecule has 1 aliphatic heterocycles. The number of carbonyl (C=O) groups excluding carboxylic acids is 1. The molecule has 1 aliphatic rings. The average Bonchev–Trinajstić information content (AvgIpc) is 3.22. The first-order chi connectivity index (χ1) is 15.3. The minimum atomic E-state index is -3.95. The number of hydrogen-bond donors (Lipinski definition) is 4. The summed E-state index contributed by atoms with van der Waals surface area (Å²) in [7, 11) is -3.95. The number of rotatable bonds is 6. The Morgan fingerprint density at radius 1 is 1.00 bits per heavy atom. The van der Waals surface area contributed by atoms with Crippen LogP contribution in [-0.2, 0) is 9.84 Å². The molecule has 1 saturated heterocycles. The number of amides is 1. The first-order valence-electron chi connectivity index (χ1n) is 10.0. The van der Waals surface area contributed by atoms with E-state index in [1.54, 1.807) is 18.2 Å². The number of thiol groups is 1. The van der Waals surface area contributed by atoms with E-state index in [1.807, 2.05) is 24.3 Å². The summed E-state index contributed by atoms with van der Waals surface area (Å²) in [4.78, 5) is 24.1. The van der Waals surface area contributed by atoms with Gasteiger partial charge in [-0.25, -0.2) is 13.2 Å². The van der Waals surface area contributed by atoms with Crippen LogP contribution in [0.2, 0.25) is 0 Å². The lowest BCUT2D eigenvalue weighted by Gasteiger charge is -2.25. The lowest BCUT2D eigenvalue weighted by atomic mass is 10.1. The van der Waals surface area contributed by atoms with Gasteiger partial charge in [-0.15, -0.1) is 0 Å². The zero-order chi connectivity index (χ0) is 22.9. The second kappa shape index (κ2) is 8.93. The van der Waals surface area contributed by atoms with E-state index in [0.717, 1.165) is 10.8 Å². The van der Waals surface area contributed by atoms with Crippen molar-refractivity contribution in [1.82, 2.24) is 10.6 Å². The van der Waals surface area contributed by atoms with Crippen LogP contribution in [0.15, 0.2) is 71.6 Å². The number of sulfone groups is 1. The molecule has 3 unspecified atom stereocenters. The van der Waals surface area contributed by atoms with E-state index >= 15 is 0 Å². The number of nitrogens with one attached hydrogen (secondary N) is 2. The van der Waals surface area contributed by atoms with Crippen molar-refractivity contribution >= 4 is 45.1 Å². The molecule has 166 valence electrons. The van der Waals surface area contributed by atoms with Crippen LogP contribution >= 0.6 is 12.6 Å². The highest BCUT2D eigenvalue weighted by molar-refractivity contribution is 7.92. The minimum absolute atomic E-state index is 0.0268. The zero-order valence-electron chi connectivity index (χ0n) is 16.9. The van der Waals surface area contributed by atoms with E-state index in [4.69, 9.17) is 5.11 Å². The van der Waals surface area contributed by atoms with Gasteiger partial charge < -0.3 is 15.7 Å². The first kappa shape index (κ1) is 22.3. The average molecular weight is 471 g/mol. The van der Waals surface area contributed by atoms with E-state index in [0.29, 0.717) is 13.0 Å². The summed E-state index contributed by atoms with van der Waals surface area (Å²) in [6.45, 7) is 0.528. The van der Waals surface area contributed by atoms with E-state index in [-0.39, 0.29) is 21.3 Å². The summed E-state index contributed by atoms with van der Waals surface area (Å²) in [5, 5.41) is 15.3. The molecule has 1 amide bonds. The van der Waals surface area contributed by atoms with Gasteiger partial charge in [0.1, 0.15) is 0 Å². The lowest BCUT2D eigenvalue weighted by molar-refractivity contribution is 0.0696. The quantitative estimate of drug-likeness (QED) is 0.412. The zero-order valence-corrected chi connectivity index (χ0v) is 18.6. The molecule has 4 rings (SSSR count). The molecule has 3 atom stereocenters. The van der Waals surface area contributed by atoms with Crippen LogP contribution in [0.5, 0.6) is 0 Å². The Balaban J connectivity index is 1.67. The SMILES string of the molecule is O=C(O)c1ccc(C(=O)NC(C2CC(S)CN2)S(=O)(=O)c2ccc3ccccc3c2)cc1. The molecule has 0 aromatic heterocycles. The maximum atomic E-state index is 13.6. The summed E-state index contributed by atoms with van der Waals surface area (Å²) in [6, 6.07) is 17.2. The molecule has 0 aliphatic carbocycles. The Hall–Kier alpha value is -2.88. The molecular formula is C23H22N2O5S2. The summed E-state index contributed by atoms with van der Waals surface area (Å²) in [5.41, 5.74) is 0.214. The standard InChI is InChI=1S/C23H22N2O5S2/c26-21(15-5-7-16(8-6-15)23(27)28)25-22(20-12-18(31)13-24-20)32(29,30)19-10-9-14-3-1-2-4-17(14)11-19/h1-11,18,20,22,24,31H,12-13H2,(H,25,26)(H,27,28). The Bertz CT molecular complexity index is 1280. The van der Waals surface area contributed by atoms with Gasteiger partial charge in [0.2, 0.25) is 9.84 Å². The number of carbonyl (C=O) groups is 2. The van der Waals surface area contributed by atoms with Crippen molar-refractivity contribution in [3.63, 3.8) is 0 Å². The van der Waals surface area contributed by atoms with Gasteiger partial charge in [0.25, 0.3) is 5.91 Å². The summed E-state index contributed by atoms with van der Waals surface area (Å²) in [5.74, 6) is -1.70. The van der Waals surface area contributed by atoms with Gasteiger partial charge in [0.15, 0.2) is 5.37 Å². The minimum Gasteiger partial charge on any atom is -0.478 e. The van der Waals surface area contributed by atoms with Crippen LogP contribution < -0.4 is 10.6 Å². The van der Waals surface area contributed by atoms with Crippen LogP contribution in [0.4, 0.5) is 0 Å². The number of fused-ring (bicyclic) bond motifs is 1. The molecule has 3 aromatic rings. The third-order valence-electron chi connectivity index (χ3n) is 5.56. The van der Waals surface area contributed by atoms with Gasteiger partial charge in [0, 0.05) is 23.4 Å². The molecule has 0 spiro atoms. The number of carboxylic acid groups (broad SMARTS) is 1. The number of benzene rings is 3. The molecule has 32 heavy (non-hydrogen) atoms. The second-order valence-corrected chi connectivity index (χ2v) is 10.5. The number of hydrogen-bond acceptors (Lipinski definition) is 6. The molecule has 3 aromatic carbocycles. The van der Waals surface area contributed by atoms with Crippen molar-refractivity contribution < 1.29 is 23.1 Å². The second-order valence-electron chi connectivity index (χ2n) is 7.73. The molecule has 9 heteroatoms. The van der Waals surface area contributed by atoms with Gasteiger partial charge in [0.05, 0.1) is 10.5 Å². The summed E-state index contributed by atoms with van der Waals surface area (Å²) >= 11 is 4.44. The van der Waals surface area contributed by atoms with Crippen molar-refractivity contribution in [2.45, 2.75) is 28.0 Å². The normalized spacial score (nSPS) is 19.5. The third kappa shape index (κ3) is 4.50. The van der Waals surface area contributed by atoms with Gasteiger partial charge in [-0.2, -0.15) is 12.6 Å². The largest absolute Gasteiger partial charge is 0.478 e. The molecular weight excluding hydrogens is 448 g/mol. The predicted molar refractivity (Wildman–Crippen MR) is 125 cm³/mol. The monoisotopic (exact) mass is 470 g/mol. The lowest BCUT2D eigenvalue weighted by Crippen LogP contribution is -2.52. The molecule has 0 bridgehead atoms. The van der Waals surface area contributed by atoms with Crippen LogP contribution in [0, 0.1) is 0 Å². The van der Waals surface area contributed by atoms with Crippen LogP contribution in [0.1, 0.15) is 27.1 Å². The topological polar surface area (TPSA) is 113 Å². The highest BCUT2D eigenvalue weighted by Gasteiger charge is 2.39. The number of aromatic carboxylic acids is 1. The van der Waals surface area contributed by atoms with Gasteiger partial charge in [-0.3, -0.25) is 4.79 Å². The Labute approximate surface area is 191 Å². The first-order valence-corrected chi connectivity index (χ1v) is 12.1. The fourth-order valence-corrected chi connectivity index (χ4v) is 5.92. The van der Waals surface area contributed by atoms with E-state index in [9.17, 15) is 18.0 Å². The Morgan fingerprint density at radius 3 is 2.28 bits per heavy atom. The van der Waals surface area contributed by atoms with E-state index < -0.39 is 33.1 Å². The molecule has 3 N–H and O–H groups in total. The van der Waals surface area contributed by atoms with Crippen LogP contribution in [0.3, 0.4) is 0 Å². The Morgan fingerprint density at radius 2 is 1.66 bits per heavy atom. The fraction of sp³-hybridized carbons (Fsp3) is 0.217. The van der Waals surface area contributed by atoms with Crippen molar-refractivity contribution in [2.75, 3.05) is 6.54 Å². The highest BCUT2D eigenvalue weighted by atomic mass is 32.2. The van der Waals surface area contributed by atoms with Gasteiger partial charge in [-0.05, 0) is 53.6 Å². The molecule has 0 radical (unpaired) electrons. The molecule has 0 saturated carbocycles. The highest BCUT2D eigenvalue weighted by Crippen LogP contribution is 2.26. The summed E-state index contributed by atoms with van der Waals surface area (Å²) < 4.78 is 27.2. The van der Waals surface area contributed by atoms with Crippen molar-refractivity contribution in [1.29, 1.82) is 0 Å². The van der Waals surface area contributed by atoms with Crippen LogP contribution in [0.25, 0.3) is 10.8 Å². The number of carboxylic acids is 1. The molecule has 7 nitrogen and oxygen atoms in total. The molecule has 1 fully saturated rings. The van der Waals surface area contributed by atoms with Crippen molar-refractivity contribution in [2.24, 2.45) is 0 Å². The predicted octanol–water partition coefficient (Wildman–Crippen LogP) is 2.73. The Kier molecular flexibility index (Phi) is 6.23. The maximum Gasteiger partial charge on any atom is 0.335 e. The van der Waals surface area contributed by atoms with Gasteiger partial charge >= 0.3 is 5.97 Å². The third-order valence-corrected chi connectivity index (χ3v) is 7.98. The van der Waals surface area contributed by atoms with Crippen LogP contribution in [-0.4, -0.2) is 48.6 Å². The van der Waals surface area contributed by atoms with E-state index in [1.165, 1.54) is 24.3 Å². The fourth-order valence-electron chi connectivity index (χ4n) is 3.84. The smallest absolute Gasteiger partial charge is 0.335 e. The maximum absolute atomic E-state index is 13.6. The summed E-state index contributed by atoms with van der Waals surface area (Å²) in [6.07, 6.45) is 0.471. The van der Waals surface area contributed by atoms with E-state index in [2.05, 4.69) is 23.3 Å². The van der Waals surface area contributed by atoms with Crippen molar-refractivity contribution in [3.05, 3.63) is 77.9 Å².